The van der Waals surface area contributed by atoms with Crippen LogP contribution < -0.4 is 88.6 Å². The maximum Gasteiger partial charge on any atom is 1.00 e. The van der Waals surface area contributed by atoms with Crippen molar-refractivity contribution in [2.24, 2.45) is 20.8 Å². The van der Waals surface area contributed by atoms with Gasteiger partial charge in [0.1, 0.15) is 45.3 Å². The smallest absolute Gasteiger partial charge is 0.636 e. The molecule has 0 aliphatic rings. The summed E-state index contributed by atoms with van der Waals surface area (Å²) in [6.45, 7) is 2.64. The number of unbranched alkanes of at least 4 members (excludes halogenated alkanes) is 4. The van der Waals surface area contributed by atoms with E-state index in [0.717, 1.165) is 27.1 Å². The number of rotatable bonds is 26. The Hall–Kier alpha value is -6.64. The molecule has 24 nitrogen and oxygen atoms in total. The van der Waals surface area contributed by atoms with Gasteiger partial charge in [-0.1, -0.05) is 74.2 Å². The van der Waals surface area contributed by atoms with Crippen molar-refractivity contribution >= 4 is 47.8 Å². The van der Waals surface area contributed by atoms with Gasteiger partial charge in [-0.25, -0.2) is 28.8 Å². The number of esters is 8. The van der Waals surface area contributed by atoms with E-state index in [1.807, 2.05) is 0 Å². The molecule has 0 bridgehead atoms. The molecule has 2 atom stereocenters. The quantitative estimate of drug-likeness (QED) is 0.0119. The van der Waals surface area contributed by atoms with Gasteiger partial charge in [-0.2, -0.15) is 0 Å². The van der Waals surface area contributed by atoms with Gasteiger partial charge in [-0.05, 0) is 88.1 Å². The first kappa shape index (κ1) is 67.4. The van der Waals surface area contributed by atoms with Gasteiger partial charge in [-0.3, -0.25) is 9.59 Å². The molecule has 0 aromatic heterocycles. The van der Waals surface area contributed by atoms with Crippen LogP contribution in [-0.2, 0) is 48.1 Å². The molecule has 0 fully saturated rings. The molecule has 0 saturated carbocycles. The van der Waals surface area contributed by atoms with Crippen molar-refractivity contribution < 1.29 is 156 Å². The van der Waals surface area contributed by atoms with Gasteiger partial charge in [-0.15, -0.1) is 10.2 Å². The normalized spacial score (nSPS) is 12.0. The third-order valence-corrected chi connectivity index (χ3v) is 10.6. The summed E-state index contributed by atoms with van der Waals surface area (Å²) in [7, 11) is 4.84. The molecule has 0 amide bonds. The molecule has 0 radical (unpaired) electrons. The SMILES string of the molecule is COC(=O)c1ccccc1OC(=O)C(C)(CCCCC(C)(N=NO[O-])C(=O)Oc1ccccc1C(=O)OC)N=NO[O-].COC(=O)c1ccccc1OC(=O)CCCCCCC(=O)Oc1ccccc1C(=O)OC.[Na+].[Na+]. The summed E-state index contributed by atoms with van der Waals surface area (Å²) < 4.78 is 40.0. The summed E-state index contributed by atoms with van der Waals surface area (Å²) in [6.07, 6.45) is 3.15. The summed E-state index contributed by atoms with van der Waals surface area (Å²) in [6, 6.07) is 24.4. The standard InChI is InChI=1S/C26H30N4O12.C24H26O8.2Na/c1-25(27-29-41-35,23(33)39-19-13-7-5-11-17(19)21(31)37-3)15-9-10-16-26(2,28-30-42-36)24(34)40-20-14-8-6-12-18(20)22(32)38-4;1-29-23(27)17-11-7-9-13-19(17)31-21(25)15-5-3-4-6-16-22(26)32-20-14-10-8-12-18(20)24(28)30-2;;/h5-8,11-14,35-36H,9-10,15-16H2,1-4H3;7-14H,3-6,15-16H2,1-2H3;;/q;;2*+1/p-2. The summed E-state index contributed by atoms with van der Waals surface area (Å²) in [4.78, 5) is 105. The summed E-state index contributed by atoms with van der Waals surface area (Å²) in [5, 5.41) is 34.1. The zero-order valence-electron chi connectivity index (χ0n) is 43.3. The molecule has 26 heteroatoms. The number of para-hydroxylation sites is 4. The second-order valence-electron chi connectivity index (χ2n) is 15.9. The molecule has 0 N–H and O–H groups in total. The average molecular weight is 1080 g/mol. The van der Waals surface area contributed by atoms with Gasteiger partial charge >= 0.3 is 107 Å². The minimum atomic E-state index is -1.76. The Kier molecular flexibility index (Phi) is 31.5. The zero-order valence-corrected chi connectivity index (χ0v) is 47.3. The Bertz CT molecular complexity index is 2460. The van der Waals surface area contributed by atoms with Gasteiger partial charge in [0.15, 0.2) is 11.1 Å². The minimum Gasteiger partial charge on any atom is -0.636 e. The van der Waals surface area contributed by atoms with E-state index in [1.165, 1.54) is 88.7 Å². The Labute approximate surface area is 481 Å². The average Bonchev–Trinajstić information content (AvgIpc) is 3.41. The Morgan fingerprint density at radius 3 is 0.934 bits per heavy atom. The van der Waals surface area contributed by atoms with Gasteiger partial charge in [0.05, 0.1) is 28.4 Å². The van der Waals surface area contributed by atoms with E-state index in [0.29, 0.717) is 12.8 Å². The summed E-state index contributed by atoms with van der Waals surface area (Å²) in [5.41, 5.74) is -3.19. The fraction of sp³-hybridized carbons (Fsp3) is 0.360. The number of nitrogens with zero attached hydrogens (tertiary/aromatic N) is 4. The number of ether oxygens (including phenoxy) is 8. The predicted octanol–water partition coefficient (Wildman–Crippen LogP) is 0.286. The molecule has 0 saturated heterocycles. The van der Waals surface area contributed by atoms with Crippen LogP contribution in [0.25, 0.3) is 0 Å². The van der Waals surface area contributed by atoms with Crippen LogP contribution in [-0.4, -0.2) is 87.3 Å². The monoisotopic (exact) mass is 1080 g/mol. The molecule has 0 aliphatic heterocycles. The zero-order chi connectivity index (χ0) is 54.5. The predicted molar refractivity (Wildman–Crippen MR) is 249 cm³/mol. The number of carbonyl (C=O) groups excluding carboxylic acids is 8. The summed E-state index contributed by atoms with van der Waals surface area (Å²) in [5.74, 6) is -5.37. The van der Waals surface area contributed by atoms with Crippen molar-refractivity contribution in [1.29, 1.82) is 0 Å². The number of methoxy groups -OCH3 is 4. The second-order valence-corrected chi connectivity index (χ2v) is 15.9. The minimum absolute atomic E-state index is 0. The van der Waals surface area contributed by atoms with Crippen molar-refractivity contribution in [3.05, 3.63) is 119 Å². The van der Waals surface area contributed by atoms with Crippen molar-refractivity contribution in [1.82, 2.24) is 0 Å². The van der Waals surface area contributed by atoms with Gasteiger partial charge in [0.2, 0.25) is 0 Å². The van der Waals surface area contributed by atoms with Crippen molar-refractivity contribution in [3.63, 3.8) is 0 Å². The van der Waals surface area contributed by atoms with Crippen LogP contribution in [0.15, 0.2) is 118 Å². The molecule has 396 valence electrons. The molecular weight excluding hydrogens is 1020 g/mol. The van der Waals surface area contributed by atoms with Crippen molar-refractivity contribution in [2.75, 3.05) is 28.4 Å². The fourth-order valence-electron chi connectivity index (χ4n) is 6.53. The Balaban J connectivity index is 0.000000766. The number of benzene rings is 4. The molecule has 4 aromatic rings. The first-order valence-corrected chi connectivity index (χ1v) is 22.5. The molecule has 4 rings (SSSR count). The van der Waals surface area contributed by atoms with Crippen LogP contribution in [0.1, 0.15) is 119 Å². The van der Waals surface area contributed by atoms with Crippen LogP contribution in [0.2, 0.25) is 0 Å². The van der Waals surface area contributed by atoms with Crippen molar-refractivity contribution in [2.45, 2.75) is 89.1 Å². The van der Waals surface area contributed by atoms with Crippen LogP contribution in [0.3, 0.4) is 0 Å². The topological polar surface area (TPSA) is 324 Å². The van der Waals surface area contributed by atoms with E-state index in [-0.39, 0.29) is 143 Å². The van der Waals surface area contributed by atoms with E-state index in [1.54, 1.807) is 36.4 Å². The maximum atomic E-state index is 13.1. The van der Waals surface area contributed by atoms with E-state index in [4.69, 9.17) is 18.9 Å². The van der Waals surface area contributed by atoms with Gasteiger partial charge < -0.3 is 58.4 Å². The molecule has 0 spiro atoms. The third-order valence-electron chi connectivity index (χ3n) is 10.6. The maximum absolute atomic E-state index is 13.1. The van der Waals surface area contributed by atoms with E-state index < -0.39 is 58.8 Å². The molecule has 2 unspecified atom stereocenters. The third kappa shape index (κ3) is 21.5. The Morgan fingerprint density at radius 1 is 0.408 bits per heavy atom. The van der Waals surface area contributed by atoms with E-state index >= 15 is 0 Å². The van der Waals surface area contributed by atoms with E-state index in [2.05, 4.69) is 49.7 Å². The van der Waals surface area contributed by atoms with E-state index in [9.17, 15) is 48.9 Å². The van der Waals surface area contributed by atoms with Crippen LogP contribution in [0.4, 0.5) is 0 Å². The Morgan fingerprint density at radius 2 is 0.671 bits per heavy atom. The van der Waals surface area contributed by atoms with Crippen molar-refractivity contribution in [3.8, 4) is 23.0 Å². The van der Waals surface area contributed by atoms with Gasteiger partial charge in [0, 0.05) is 23.4 Å². The number of hydrogen-bond donors (Lipinski definition) is 0. The van der Waals surface area contributed by atoms with Crippen LogP contribution in [0, 0.1) is 0 Å². The molecule has 4 aromatic carbocycles. The molecular formula is C50H54N4Na2O20. The first-order chi connectivity index (χ1) is 35.5. The first-order valence-electron chi connectivity index (χ1n) is 22.5. The fourth-order valence-corrected chi connectivity index (χ4v) is 6.53. The number of hydrogen-bond acceptors (Lipinski definition) is 24. The summed E-state index contributed by atoms with van der Waals surface area (Å²) >= 11 is 0. The molecule has 0 aliphatic carbocycles. The molecule has 76 heavy (non-hydrogen) atoms. The largest absolute Gasteiger partial charge is 1.00 e. The second kappa shape index (κ2) is 35.6. The molecule has 0 heterocycles. The van der Waals surface area contributed by atoms with Crippen LogP contribution >= 0.6 is 0 Å². The van der Waals surface area contributed by atoms with Crippen LogP contribution in [0.5, 0.6) is 23.0 Å². The number of carbonyl (C=O) groups is 8. The van der Waals surface area contributed by atoms with Gasteiger partial charge in [0.25, 0.3) is 0 Å².